The standard InChI is InChI=1S/C12H12N2O/c1-10-7-8-12(15)14(13-10)9-11-5-3-2-4-6-11/h2-8H,9H2,1H3. The monoisotopic (exact) mass is 200 g/mol. The van der Waals surface area contributed by atoms with Gasteiger partial charge in [0.25, 0.3) is 5.56 Å². The van der Waals surface area contributed by atoms with Gasteiger partial charge >= 0.3 is 0 Å². The number of nitrogens with zero attached hydrogens (tertiary/aromatic N) is 2. The molecule has 0 atom stereocenters. The van der Waals surface area contributed by atoms with E-state index in [1.165, 1.54) is 4.68 Å². The maximum absolute atomic E-state index is 11.5. The minimum absolute atomic E-state index is 0.0653. The van der Waals surface area contributed by atoms with Crippen molar-refractivity contribution in [2.24, 2.45) is 0 Å². The van der Waals surface area contributed by atoms with E-state index >= 15 is 0 Å². The average molecular weight is 200 g/mol. The fourth-order valence-electron chi connectivity index (χ4n) is 1.42. The van der Waals surface area contributed by atoms with E-state index in [2.05, 4.69) is 5.10 Å². The van der Waals surface area contributed by atoms with Crippen LogP contribution in [-0.4, -0.2) is 9.78 Å². The Bertz CT molecular complexity index is 503. The molecule has 1 heterocycles. The molecule has 3 heteroatoms. The molecule has 0 fully saturated rings. The zero-order valence-electron chi connectivity index (χ0n) is 8.55. The zero-order chi connectivity index (χ0) is 10.7. The largest absolute Gasteiger partial charge is 0.268 e. The molecule has 0 saturated heterocycles. The minimum Gasteiger partial charge on any atom is -0.268 e. The highest BCUT2D eigenvalue weighted by molar-refractivity contribution is 5.14. The van der Waals surface area contributed by atoms with Crippen LogP contribution in [0.25, 0.3) is 0 Å². The van der Waals surface area contributed by atoms with Crippen molar-refractivity contribution in [1.29, 1.82) is 0 Å². The molecule has 0 amide bonds. The topological polar surface area (TPSA) is 34.9 Å². The lowest BCUT2D eigenvalue weighted by atomic mass is 10.2. The summed E-state index contributed by atoms with van der Waals surface area (Å²) in [6.45, 7) is 2.41. The smallest absolute Gasteiger partial charge is 0.267 e. The van der Waals surface area contributed by atoms with E-state index in [0.29, 0.717) is 6.54 Å². The number of aryl methyl sites for hydroxylation is 1. The normalized spacial score (nSPS) is 10.2. The molecule has 0 aliphatic carbocycles. The Morgan fingerprint density at radius 2 is 1.87 bits per heavy atom. The molecule has 0 spiro atoms. The minimum atomic E-state index is -0.0653. The SMILES string of the molecule is Cc1ccc(=O)n(Cc2ccccc2)n1. The molecule has 0 bridgehead atoms. The number of rotatable bonds is 2. The first-order chi connectivity index (χ1) is 7.25. The van der Waals surface area contributed by atoms with Gasteiger partial charge in [-0.15, -0.1) is 0 Å². The molecular weight excluding hydrogens is 188 g/mol. The third-order valence-electron chi connectivity index (χ3n) is 2.18. The van der Waals surface area contributed by atoms with Gasteiger partial charge in [-0.1, -0.05) is 30.3 Å². The van der Waals surface area contributed by atoms with Crippen LogP contribution in [0.1, 0.15) is 11.3 Å². The summed E-state index contributed by atoms with van der Waals surface area (Å²) in [5, 5.41) is 4.17. The molecule has 0 N–H and O–H groups in total. The molecule has 2 rings (SSSR count). The number of benzene rings is 1. The summed E-state index contributed by atoms with van der Waals surface area (Å²) >= 11 is 0. The molecule has 0 aliphatic heterocycles. The summed E-state index contributed by atoms with van der Waals surface area (Å²) < 4.78 is 1.48. The van der Waals surface area contributed by atoms with Crippen molar-refractivity contribution in [3.8, 4) is 0 Å². The Labute approximate surface area is 88.0 Å². The number of hydrogen-bond acceptors (Lipinski definition) is 2. The van der Waals surface area contributed by atoms with Crippen LogP contribution >= 0.6 is 0 Å². The number of hydrogen-bond donors (Lipinski definition) is 0. The van der Waals surface area contributed by atoms with Crippen molar-refractivity contribution in [1.82, 2.24) is 9.78 Å². The van der Waals surface area contributed by atoms with Crippen molar-refractivity contribution in [2.45, 2.75) is 13.5 Å². The maximum Gasteiger partial charge on any atom is 0.267 e. The molecule has 15 heavy (non-hydrogen) atoms. The molecule has 0 saturated carbocycles. The fraction of sp³-hybridized carbons (Fsp3) is 0.167. The summed E-state index contributed by atoms with van der Waals surface area (Å²) in [5.41, 5.74) is 1.87. The Kier molecular flexibility index (Phi) is 2.63. The van der Waals surface area contributed by atoms with Crippen LogP contribution in [0, 0.1) is 6.92 Å². The van der Waals surface area contributed by atoms with Crippen LogP contribution in [0.2, 0.25) is 0 Å². The van der Waals surface area contributed by atoms with Gasteiger partial charge in [-0.3, -0.25) is 4.79 Å². The predicted octanol–water partition coefficient (Wildman–Crippen LogP) is 1.60. The van der Waals surface area contributed by atoms with E-state index in [9.17, 15) is 4.79 Å². The van der Waals surface area contributed by atoms with E-state index in [4.69, 9.17) is 0 Å². The molecule has 3 nitrogen and oxygen atoms in total. The molecule has 0 unspecified atom stereocenters. The van der Waals surface area contributed by atoms with Crippen LogP contribution in [0.5, 0.6) is 0 Å². The lowest BCUT2D eigenvalue weighted by Gasteiger charge is -2.04. The van der Waals surface area contributed by atoms with Crippen LogP contribution in [0.15, 0.2) is 47.3 Å². The molecule has 1 aromatic heterocycles. The number of aromatic nitrogens is 2. The molecule has 1 aromatic carbocycles. The Morgan fingerprint density at radius 3 is 2.60 bits per heavy atom. The fourth-order valence-corrected chi connectivity index (χ4v) is 1.42. The van der Waals surface area contributed by atoms with Gasteiger partial charge < -0.3 is 0 Å². The van der Waals surface area contributed by atoms with Crippen LogP contribution in [0.4, 0.5) is 0 Å². The van der Waals surface area contributed by atoms with Gasteiger partial charge in [0, 0.05) is 6.07 Å². The first-order valence-electron chi connectivity index (χ1n) is 4.84. The van der Waals surface area contributed by atoms with Crippen LogP contribution in [-0.2, 0) is 6.54 Å². The molecule has 0 aliphatic rings. The second-order valence-electron chi connectivity index (χ2n) is 3.46. The van der Waals surface area contributed by atoms with Crippen molar-refractivity contribution in [2.75, 3.05) is 0 Å². The zero-order valence-corrected chi connectivity index (χ0v) is 8.55. The van der Waals surface area contributed by atoms with Crippen molar-refractivity contribution >= 4 is 0 Å². The third kappa shape index (κ3) is 2.31. The molecule has 0 radical (unpaired) electrons. The van der Waals surface area contributed by atoms with E-state index in [0.717, 1.165) is 11.3 Å². The van der Waals surface area contributed by atoms with Gasteiger partial charge in [-0.25, -0.2) is 4.68 Å². The molecule has 2 aromatic rings. The Hall–Kier alpha value is -1.90. The highest BCUT2D eigenvalue weighted by atomic mass is 16.1. The second kappa shape index (κ2) is 4.09. The van der Waals surface area contributed by atoms with Gasteiger partial charge in [-0.2, -0.15) is 5.10 Å². The van der Waals surface area contributed by atoms with E-state index in [1.807, 2.05) is 37.3 Å². The van der Waals surface area contributed by atoms with Gasteiger partial charge in [0.15, 0.2) is 0 Å². The summed E-state index contributed by atoms with van der Waals surface area (Å²) in [6, 6.07) is 13.1. The summed E-state index contributed by atoms with van der Waals surface area (Å²) in [5.74, 6) is 0. The molecule has 76 valence electrons. The van der Waals surface area contributed by atoms with Gasteiger partial charge in [0.05, 0.1) is 12.2 Å². The highest BCUT2D eigenvalue weighted by Crippen LogP contribution is 1.99. The van der Waals surface area contributed by atoms with Gasteiger partial charge in [-0.05, 0) is 18.6 Å². The summed E-state index contributed by atoms with van der Waals surface area (Å²) in [7, 11) is 0. The van der Waals surface area contributed by atoms with E-state index in [1.54, 1.807) is 12.1 Å². The summed E-state index contributed by atoms with van der Waals surface area (Å²) in [6.07, 6.45) is 0. The predicted molar refractivity (Wildman–Crippen MR) is 58.8 cm³/mol. The van der Waals surface area contributed by atoms with Crippen molar-refractivity contribution < 1.29 is 0 Å². The third-order valence-corrected chi connectivity index (χ3v) is 2.18. The lowest BCUT2D eigenvalue weighted by molar-refractivity contribution is 0.628. The first-order valence-corrected chi connectivity index (χ1v) is 4.84. The van der Waals surface area contributed by atoms with E-state index < -0.39 is 0 Å². The first kappa shape index (κ1) is 9.65. The second-order valence-corrected chi connectivity index (χ2v) is 3.46. The summed E-state index contributed by atoms with van der Waals surface area (Å²) in [4.78, 5) is 11.5. The van der Waals surface area contributed by atoms with Crippen molar-refractivity contribution in [3.63, 3.8) is 0 Å². The van der Waals surface area contributed by atoms with Crippen molar-refractivity contribution in [3.05, 3.63) is 64.1 Å². The maximum atomic E-state index is 11.5. The Morgan fingerprint density at radius 1 is 1.13 bits per heavy atom. The Balaban J connectivity index is 2.32. The van der Waals surface area contributed by atoms with E-state index in [-0.39, 0.29) is 5.56 Å². The average Bonchev–Trinajstić information content (AvgIpc) is 2.25. The lowest BCUT2D eigenvalue weighted by Crippen LogP contribution is -2.22. The van der Waals surface area contributed by atoms with Gasteiger partial charge in [0.2, 0.25) is 0 Å². The van der Waals surface area contributed by atoms with Gasteiger partial charge in [0.1, 0.15) is 0 Å². The highest BCUT2D eigenvalue weighted by Gasteiger charge is 1.98. The molecular formula is C12H12N2O. The van der Waals surface area contributed by atoms with Crippen LogP contribution in [0.3, 0.4) is 0 Å². The van der Waals surface area contributed by atoms with Crippen LogP contribution < -0.4 is 5.56 Å². The quantitative estimate of drug-likeness (QED) is 0.738.